The van der Waals surface area contributed by atoms with Gasteiger partial charge in [-0.25, -0.2) is 0 Å². The highest BCUT2D eigenvalue weighted by Gasteiger charge is 2.12. The summed E-state index contributed by atoms with van der Waals surface area (Å²) in [6.45, 7) is 1.78. The molecule has 1 aromatic carbocycles. The number of aryl methyl sites for hydroxylation is 1. The normalized spacial score (nSPS) is 10.4. The van der Waals surface area contributed by atoms with Gasteiger partial charge in [0.1, 0.15) is 0 Å². The molecule has 2 aromatic rings. The molecule has 0 radical (unpaired) electrons. The van der Waals surface area contributed by atoms with E-state index < -0.39 is 0 Å². The van der Waals surface area contributed by atoms with Crippen LogP contribution >= 0.6 is 12.2 Å². The van der Waals surface area contributed by atoms with Gasteiger partial charge in [0.2, 0.25) is 0 Å². The van der Waals surface area contributed by atoms with Crippen LogP contribution in [0.25, 0.3) is 0 Å². The fraction of sp³-hybridized carbons (Fsp3) is 0.231. The van der Waals surface area contributed by atoms with Crippen molar-refractivity contribution in [2.75, 3.05) is 7.11 Å². The van der Waals surface area contributed by atoms with Gasteiger partial charge in [-0.1, -0.05) is 12.1 Å². The molecule has 0 spiro atoms. The van der Waals surface area contributed by atoms with Crippen LogP contribution in [0.15, 0.2) is 23.0 Å². The molecule has 0 atom stereocenters. The third-order valence-corrected chi connectivity index (χ3v) is 3.13. The molecule has 0 amide bonds. The highest BCUT2D eigenvalue weighted by Crippen LogP contribution is 2.30. The molecule has 0 aliphatic heterocycles. The van der Waals surface area contributed by atoms with Gasteiger partial charge in [-0.05, 0) is 25.2 Å². The number of phenols is 1. The van der Waals surface area contributed by atoms with Crippen molar-refractivity contribution in [1.82, 2.24) is 9.97 Å². The van der Waals surface area contributed by atoms with Crippen molar-refractivity contribution in [3.8, 4) is 11.5 Å². The van der Waals surface area contributed by atoms with E-state index in [2.05, 4.69) is 9.97 Å². The number of benzene rings is 1. The first-order valence-electron chi connectivity index (χ1n) is 5.70. The number of ether oxygens (including phenoxy) is 1. The Morgan fingerprint density at radius 2 is 2.11 bits per heavy atom. The van der Waals surface area contributed by atoms with Crippen molar-refractivity contribution >= 4 is 12.2 Å². The largest absolute Gasteiger partial charge is 0.504 e. The maximum atomic E-state index is 11.9. The number of rotatable bonds is 3. The molecule has 0 saturated heterocycles. The van der Waals surface area contributed by atoms with E-state index in [1.807, 2.05) is 0 Å². The number of methoxy groups -OCH3 is 1. The van der Waals surface area contributed by atoms with Gasteiger partial charge in [0, 0.05) is 23.2 Å². The van der Waals surface area contributed by atoms with Crippen LogP contribution in [0.4, 0.5) is 0 Å². The average molecular weight is 278 g/mol. The minimum atomic E-state index is -0.247. The van der Waals surface area contributed by atoms with Crippen molar-refractivity contribution < 1.29 is 9.84 Å². The summed E-state index contributed by atoms with van der Waals surface area (Å²) in [6.07, 6.45) is 0.302. The molecule has 1 heterocycles. The van der Waals surface area contributed by atoms with Gasteiger partial charge in [-0.15, -0.1) is 0 Å². The zero-order valence-electron chi connectivity index (χ0n) is 10.6. The molecule has 0 aliphatic carbocycles. The van der Waals surface area contributed by atoms with Gasteiger partial charge in [0.25, 0.3) is 5.56 Å². The smallest absolute Gasteiger partial charge is 0.255 e. The van der Waals surface area contributed by atoms with Crippen LogP contribution in [0.3, 0.4) is 0 Å². The van der Waals surface area contributed by atoms with E-state index in [1.165, 1.54) is 7.11 Å². The quantitative estimate of drug-likeness (QED) is 0.751. The van der Waals surface area contributed by atoms with Crippen LogP contribution in [0.1, 0.15) is 16.8 Å². The van der Waals surface area contributed by atoms with Crippen molar-refractivity contribution in [2.45, 2.75) is 13.3 Å². The Labute approximate surface area is 114 Å². The maximum absolute atomic E-state index is 11.9. The number of nitrogens with one attached hydrogen (secondary N) is 2. The lowest BCUT2D eigenvalue weighted by molar-refractivity contribution is 0.371. The molecule has 0 unspecified atom stereocenters. The molecule has 0 fully saturated rings. The number of hydrogen-bond acceptors (Lipinski definition) is 4. The summed E-state index contributed by atoms with van der Waals surface area (Å²) in [5, 5.41) is 10.0. The van der Waals surface area contributed by atoms with Crippen LogP contribution in [-0.4, -0.2) is 22.2 Å². The molecule has 0 saturated carbocycles. The van der Waals surface area contributed by atoms with Gasteiger partial charge >= 0.3 is 0 Å². The second-order valence-electron chi connectivity index (χ2n) is 4.16. The number of hydrogen-bond donors (Lipinski definition) is 3. The van der Waals surface area contributed by atoms with Crippen LogP contribution < -0.4 is 10.3 Å². The summed E-state index contributed by atoms with van der Waals surface area (Å²) in [6, 6.07) is 5.18. The molecule has 100 valence electrons. The zero-order valence-corrected chi connectivity index (χ0v) is 11.4. The number of aromatic hydroxyl groups is 1. The van der Waals surface area contributed by atoms with Gasteiger partial charge < -0.3 is 14.8 Å². The molecular formula is C13H14N2O3S. The summed E-state index contributed by atoms with van der Waals surface area (Å²) in [4.78, 5) is 17.3. The van der Waals surface area contributed by atoms with Crippen molar-refractivity contribution in [3.05, 3.63) is 50.1 Å². The van der Waals surface area contributed by atoms with Gasteiger partial charge in [0.05, 0.1) is 7.11 Å². The van der Waals surface area contributed by atoms with Crippen LogP contribution in [-0.2, 0) is 6.42 Å². The minimum Gasteiger partial charge on any atom is -0.504 e. The zero-order chi connectivity index (χ0) is 14.0. The molecule has 2 rings (SSSR count). The molecule has 5 nitrogen and oxygen atoms in total. The predicted molar refractivity (Wildman–Crippen MR) is 74.4 cm³/mol. The average Bonchev–Trinajstić information content (AvgIpc) is 2.35. The lowest BCUT2D eigenvalue weighted by atomic mass is 10.0. The summed E-state index contributed by atoms with van der Waals surface area (Å²) in [5.74, 6) is 0.432. The first-order valence-corrected chi connectivity index (χ1v) is 6.10. The summed E-state index contributed by atoms with van der Waals surface area (Å²) < 4.78 is 5.34. The second kappa shape index (κ2) is 5.27. The molecule has 19 heavy (non-hydrogen) atoms. The van der Waals surface area contributed by atoms with Crippen molar-refractivity contribution in [1.29, 1.82) is 0 Å². The van der Waals surface area contributed by atoms with Crippen molar-refractivity contribution in [3.63, 3.8) is 0 Å². The highest BCUT2D eigenvalue weighted by atomic mass is 32.1. The van der Waals surface area contributed by atoms with Crippen LogP contribution in [0.5, 0.6) is 11.5 Å². The van der Waals surface area contributed by atoms with E-state index in [0.29, 0.717) is 33.8 Å². The molecule has 0 aliphatic rings. The summed E-state index contributed by atoms with van der Waals surface area (Å²) in [5.41, 5.74) is 1.61. The maximum Gasteiger partial charge on any atom is 0.255 e. The third kappa shape index (κ3) is 2.68. The van der Waals surface area contributed by atoms with Crippen LogP contribution in [0.2, 0.25) is 0 Å². The Kier molecular flexibility index (Phi) is 3.71. The van der Waals surface area contributed by atoms with E-state index in [-0.39, 0.29) is 11.3 Å². The second-order valence-corrected chi connectivity index (χ2v) is 4.56. The Hall–Kier alpha value is -2.08. The number of para-hydroxylation sites is 1. The molecule has 1 aromatic heterocycles. The van der Waals surface area contributed by atoms with E-state index >= 15 is 0 Å². The number of phenolic OH excluding ortho intramolecular Hbond substituents is 1. The topological polar surface area (TPSA) is 78.1 Å². The first-order chi connectivity index (χ1) is 9.02. The Morgan fingerprint density at radius 3 is 2.74 bits per heavy atom. The van der Waals surface area contributed by atoms with E-state index in [1.54, 1.807) is 25.1 Å². The van der Waals surface area contributed by atoms with Crippen molar-refractivity contribution in [2.24, 2.45) is 0 Å². The fourth-order valence-corrected chi connectivity index (χ4v) is 2.15. The number of aromatic amines is 2. The Morgan fingerprint density at radius 1 is 1.37 bits per heavy atom. The predicted octanol–water partition coefficient (Wildman–Crippen LogP) is 2.05. The SMILES string of the molecule is COc1cccc(Cc2c(C)[nH]c(=S)[nH]c2=O)c1O. The Bertz CT molecular complexity index is 719. The minimum absolute atomic E-state index is 0.0475. The monoisotopic (exact) mass is 278 g/mol. The van der Waals surface area contributed by atoms with E-state index in [0.717, 1.165) is 0 Å². The number of aromatic nitrogens is 2. The molecule has 3 N–H and O–H groups in total. The van der Waals surface area contributed by atoms with Gasteiger partial charge in [0.15, 0.2) is 16.3 Å². The number of H-pyrrole nitrogens is 2. The molecule has 6 heteroatoms. The third-order valence-electron chi connectivity index (χ3n) is 2.92. The van der Waals surface area contributed by atoms with Gasteiger partial charge in [-0.2, -0.15) is 0 Å². The van der Waals surface area contributed by atoms with E-state index in [4.69, 9.17) is 17.0 Å². The highest BCUT2D eigenvalue weighted by molar-refractivity contribution is 7.71. The van der Waals surface area contributed by atoms with Gasteiger partial charge in [-0.3, -0.25) is 9.78 Å². The summed E-state index contributed by atoms with van der Waals surface area (Å²) >= 11 is 4.90. The Balaban J connectivity index is 2.48. The van der Waals surface area contributed by atoms with E-state index in [9.17, 15) is 9.90 Å². The first kappa shape index (κ1) is 13.4. The lowest BCUT2D eigenvalue weighted by Crippen LogP contribution is -2.16. The summed E-state index contributed by atoms with van der Waals surface area (Å²) in [7, 11) is 1.48. The standard InChI is InChI=1S/C13H14N2O3S/c1-7-9(12(17)15-13(19)14-7)6-8-4-3-5-10(18-2)11(8)16/h3-5,16H,6H2,1-2H3,(H2,14,15,17,19). The fourth-order valence-electron chi connectivity index (χ4n) is 1.90. The lowest BCUT2D eigenvalue weighted by Gasteiger charge is -2.09. The molecule has 0 bridgehead atoms. The van der Waals surface area contributed by atoms with Crippen LogP contribution in [0, 0.1) is 11.7 Å². The molecular weight excluding hydrogens is 264 g/mol.